The number of rotatable bonds is 4. The molecule has 0 radical (unpaired) electrons. The Labute approximate surface area is 290 Å². The zero-order valence-corrected chi connectivity index (χ0v) is 27.8. The predicted molar refractivity (Wildman–Crippen MR) is 206 cm³/mol. The van der Waals surface area contributed by atoms with Crippen molar-refractivity contribution in [3.8, 4) is 51.0 Å². The van der Waals surface area contributed by atoms with E-state index in [1.54, 1.807) is 0 Å². The smallest absolute Gasteiger partial charge is 0.164 e. The maximum absolute atomic E-state index is 5.06. The van der Waals surface area contributed by atoms with Crippen LogP contribution in [-0.4, -0.2) is 19.5 Å². The Morgan fingerprint density at radius 2 is 1.04 bits per heavy atom. The Morgan fingerprint density at radius 3 is 1.78 bits per heavy atom. The molecule has 236 valence electrons. The summed E-state index contributed by atoms with van der Waals surface area (Å²) in [6.07, 6.45) is 0. The normalized spacial score (nSPS) is 13.2. The van der Waals surface area contributed by atoms with E-state index in [0.29, 0.717) is 17.5 Å². The highest BCUT2D eigenvalue weighted by molar-refractivity contribution is 6.21. The zero-order valence-electron chi connectivity index (χ0n) is 27.8. The molecule has 0 aliphatic heterocycles. The van der Waals surface area contributed by atoms with Crippen LogP contribution in [0.3, 0.4) is 0 Å². The van der Waals surface area contributed by atoms with Crippen molar-refractivity contribution in [2.45, 2.75) is 19.3 Å². The van der Waals surface area contributed by atoms with Gasteiger partial charge >= 0.3 is 0 Å². The number of hydrogen-bond acceptors (Lipinski definition) is 3. The molecule has 10 rings (SSSR count). The minimum atomic E-state index is -0.0911. The molecule has 7 aromatic carbocycles. The van der Waals surface area contributed by atoms with Crippen LogP contribution in [0.5, 0.6) is 0 Å². The van der Waals surface area contributed by atoms with Gasteiger partial charge in [-0.25, -0.2) is 15.0 Å². The molecule has 4 heteroatoms. The van der Waals surface area contributed by atoms with Crippen molar-refractivity contribution in [2.24, 2.45) is 0 Å². The van der Waals surface area contributed by atoms with Crippen molar-refractivity contribution in [2.75, 3.05) is 0 Å². The first-order chi connectivity index (χ1) is 24.5. The highest BCUT2D eigenvalue weighted by Crippen LogP contribution is 2.49. The van der Waals surface area contributed by atoms with Gasteiger partial charge in [0.05, 0.1) is 11.0 Å². The van der Waals surface area contributed by atoms with Crippen LogP contribution < -0.4 is 0 Å². The third-order valence-electron chi connectivity index (χ3n) is 10.4. The molecule has 2 heterocycles. The minimum absolute atomic E-state index is 0.0911. The van der Waals surface area contributed by atoms with Crippen LogP contribution in [0.4, 0.5) is 0 Å². The van der Waals surface area contributed by atoms with E-state index in [9.17, 15) is 0 Å². The van der Waals surface area contributed by atoms with Gasteiger partial charge in [0.1, 0.15) is 0 Å². The lowest BCUT2D eigenvalue weighted by Gasteiger charge is -2.22. The van der Waals surface area contributed by atoms with Crippen LogP contribution in [0, 0.1) is 0 Å². The Balaban J connectivity index is 1.22. The summed E-state index contributed by atoms with van der Waals surface area (Å²) in [5, 5.41) is 4.84. The highest BCUT2D eigenvalue weighted by Gasteiger charge is 2.35. The largest absolute Gasteiger partial charge is 0.309 e. The van der Waals surface area contributed by atoms with E-state index >= 15 is 0 Å². The van der Waals surface area contributed by atoms with Gasteiger partial charge in [-0.1, -0.05) is 135 Å². The molecule has 0 amide bonds. The van der Waals surface area contributed by atoms with Crippen molar-refractivity contribution < 1.29 is 0 Å². The summed E-state index contributed by atoms with van der Waals surface area (Å²) >= 11 is 0. The van der Waals surface area contributed by atoms with Crippen LogP contribution in [0.1, 0.15) is 25.0 Å². The number of benzene rings is 7. The van der Waals surface area contributed by atoms with E-state index in [4.69, 9.17) is 15.0 Å². The van der Waals surface area contributed by atoms with E-state index in [0.717, 1.165) is 27.9 Å². The second-order valence-electron chi connectivity index (χ2n) is 13.7. The Kier molecular flexibility index (Phi) is 6.19. The van der Waals surface area contributed by atoms with Crippen LogP contribution in [0.15, 0.2) is 158 Å². The van der Waals surface area contributed by atoms with Gasteiger partial charge in [0.15, 0.2) is 17.5 Å². The number of hydrogen-bond donors (Lipinski definition) is 0. The Hall–Kier alpha value is -6.39. The minimum Gasteiger partial charge on any atom is -0.309 e. The molecule has 0 spiro atoms. The molecule has 4 nitrogen and oxygen atoms in total. The highest BCUT2D eigenvalue weighted by atomic mass is 15.0. The summed E-state index contributed by atoms with van der Waals surface area (Å²) in [4.78, 5) is 15.0. The van der Waals surface area contributed by atoms with E-state index in [1.165, 1.54) is 49.3 Å². The SMILES string of the molecule is CC1(C)c2ccccc2-c2ccc(-n3c4ccc(-c5nc(-c6ccccc6)nc(-c6ccccc6)n5)cc4c4c5ccccc5ccc43)cc21. The zero-order chi connectivity index (χ0) is 33.4. The van der Waals surface area contributed by atoms with Crippen molar-refractivity contribution in [3.05, 3.63) is 169 Å². The van der Waals surface area contributed by atoms with E-state index in [-0.39, 0.29) is 5.41 Å². The summed E-state index contributed by atoms with van der Waals surface area (Å²) in [6.45, 7) is 4.68. The maximum atomic E-state index is 5.06. The van der Waals surface area contributed by atoms with Crippen molar-refractivity contribution in [1.29, 1.82) is 0 Å². The third kappa shape index (κ3) is 4.28. The average Bonchev–Trinajstić information content (AvgIpc) is 3.63. The lowest BCUT2D eigenvalue weighted by atomic mass is 9.82. The second-order valence-corrected chi connectivity index (χ2v) is 13.7. The second kappa shape index (κ2) is 10.8. The molecule has 0 saturated heterocycles. The monoisotopic (exact) mass is 640 g/mol. The molecule has 9 aromatic rings. The fourth-order valence-corrected chi connectivity index (χ4v) is 7.98. The molecule has 0 saturated carbocycles. The molecule has 50 heavy (non-hydrogen) atoms. The van der Waals surface area contributed by atoms with Gasteiger partial charge in [-0.15, -0.1) is 0 Å². The molecular formula is C46H32N4. The molecule has 1 aliphatic carbocycles. The van der Waals surface area contributed by atoms with E-state index in [1.807, 2.05) is 60.7 Å². The Bertz CT molecular complexity index is 2720. The first-order valence-electron chi connectivity index (χ1n) is 17.1. The fraction of sp³-hybridized carbons (Fsp3) is 0.0652. The summed E-state index contributed by atoms with van der Waals surface area (Å²) < 4.78 is 2.43. The molecular weight excluding hydrogens is 609 g/mol. The molecule has 0 atom stereocenters. The Morgan fingerprint density at radius 1 is 0.440 bits per heavy atom. The van der Waals surface area contributed by atoms with Gasteiger partial charge in [0, 0.05) is 38.6 Å². The molecule has 0 unspecified atom stereocenters. The molecule has 0 N–H and O–H groups in total. The first kappa shape index (κ1) is 28.6. The molecule has 2 aromatic heterocycles. The summed E-state index contributed by atoms with van der Waals surface area (Å²) in [5.41, 5.74) is 11.6. The number of nitrogens with zero attached hydrogens (tertiary/aromatic N) is 4. The van der Waals surface area contributed by atoms with Gasteiger partial charge in [0.25, 0.3) is 0 Å². The van der Waals surface area contributed by atoms with Crippen molar-refractivity contribution in [1.82, 2.24) is 19.5 Å². The first-order valence-corrected chi connectivity index (χ1v) is 17.1. The lowest BCUT2D eigenvalue weighted by Crippen LogP contribution is -2.15. The van der Waals surface area contributed by atoms with Gasteiger partial charge in [-0.05, 0) is 69.4 Å². The predicted octanol–water partition coefficient (Wildman–Crippen LogP) is 11.4. The third-order valence-corrected chi connectivity index (χ3v) is 10.4. The standard InChI is InChI=1S/C46H32N4/c1-46(2)38-20-12-11-19-35(38)36-24-23-33(28-39(36)46)50-40-25-22-32(27-37(40)42-34-18-10-9-13-29(34)21-26-41(42)50)45-48-43(30-14-5-3-6-15-30)47-44(49-45)31-16-7-4-8-17-31/h3-28H,1-2H3. The van der Waals surface area contributed by atoms with Crippen LogP contribution >= 0.6 is 0 Å². The maximum Gasteiger partial charge on any atom is 0.164 e. The summed E-state index contributed by atoms with van der Waals surface area (Å²) in [6, 6.07) is 56.0. The van der Waals surface area contributed by atoms with Gasteiger partial charge < -0.3 is 4.57 Å². The molecule has 1 aliphatic rings. The van der Waals surface area contributed by atoms with E-state index in [2.05, 4.69) is 115 Å². The fourth-order valence-electron chi connectivity index (χ4n) is 7.98. The topological polar surface area (TPSA) is 43.6 Å². The quantitative estimate of drug-likeness (QED) is 0.192. The van der Waals surface area contributed by atoms with Crippen LogP contribution in [0.25, 0.3) is 83.6 Å². The number of fused-ring (bicyclic) bond motifs is 8. The van der Waals surface area contributed by atoms with Gasteiger partial charge in [-0.3, -0.25) is 0 Å². The lowest BCUT2D eigenvalue weighted by molar-refractivity contribution is 0.660. The molecule has 0 fully saturated rings. The number of aromatic nitrogens is 4. The van der Waals surface area contributed by atoms with Crippen LogP contribution in [0.2, 0.25) is 0 Å². The van der Waals surface area contributed by atoms with Crippen molar-refractivity contribution >= 4 is 32.6 Å². The summed E-state index contributed by atoms with van der Waals surface area (Å²) in [5.74, 6) is 1.96. The van der Waals surface area contributed by atoms with Crippen molar-refractivity contribution in [3.63, 3.8) is 0 Å². The summed E-state index contributed by atoms with van der Waals surface area (Å²) in [7, 11) is 0. The van der Waals surface area contributed by atoms with E-state index < -0.39 is 0 Å². The van der Waals surface area contributed by atoms with Gasteiger partial charge in [-0.2, -0.15) is 0 Å². The van der Waals surface area contributed by atoms with Gasteiger partial charge in [0.2, 0.25) is 0 Å². The molecule has 0 bridgehead atoms. The average molecular weight is 641 g/mol. The van der Waals surface area contributed by atoms with Crippen LogP contribution in [-0.2, 0) is 5.41 Å².